The van der Waals surface area contributed by atoms with E-state index in [0.717, 1.165) is 0 Å². The maximum absolute atomic E-state index is 12.1. The zero-order valence-corrected chi connectivity index (χ0v) is 8.45. The fourth-order valence-electron chi connectivity index (χ4n) is 1.55. The molecule has 3 nitrogen and oxygen atoms in total. The highest BCUT2D eigenvalue weighted by Gasteiger charge is 2.61. The van der Waals surface area contributed by atoms with Gasteiger partial charge in [0, 0.05) is 12.6 Å². The summed E-state index contributed by atoms with van der Waals surface area (Å²) in [5.41, 5.74) is 0. The minimum absolute atomic E-state index is 0.175. The first kappa shape index (κ1) is 14.1. The molecule has 0 radical (unpaired) electrons. The van der Waals surface area contributed by atoms with Gasteiger partial charge in [-0.3, -0.25) is 4.79 Å². The normalized spacial score (nSPS) is 21.9. The van der Waals surface area contributed by atoms with Gasteiger partial charge in [-0.2, -0.15) is 26.3 Å². The van der Waals surface area contributed by atoms with Gasteiger partial charge < -0.3 is 10.6 Å². The van der Waals surface area contributed by atoms with Crippen molar-refractivity contribution in [2.24, 2.45) is 5.92 Å². The second-order valence-electron chi connectivity index (χ2n) is 3.71. The zero-order valence-electron chi connectivity index (χ0n) is 8.45. The van der Waals surface area contributed by atoms with Gasteiger partial charge in [-0.05, 0) is 13.0 Å². The Morgan fingerprint density at radius 3 is 2.06 bits per heavy atom. The molecule has 1 saturated heterocycles. The quantitative estimate of drug-likeness (QED) is 0.736. The Labute approximate surface area is 92.5 Å². The first-order chi connectivity index (χ1) is 7.62. The Kier molecular flexibility index (Phi) is 3.90. The Morgan fingerprint density at radius 1 is 1.18 bits per heavy atom. The highest BCUT2D eigenvalue weighted by molar-refractivity contribution is 5.80. The molecule has 0 saturated carbocycles. The SMILES string of the molecule is O=C(N[C@@H]1CCNC1)C(C(F)(F)F)C(F)(F)F. The lowest BCUT2D eigenvalue weighted by molar-refractivity contribution is -0.274. The van der Waals surface area contributed by atoms with Crippen LogP contribution in [-0.2, 0) is 4.79 Å². The van der Waals surface area contributed by atoms with Gasteiger partial charge in [0.05, 0.1) is 0 Å². The number of nitrogens with one attached hydrogen (secondary N) is 2. The third-order valence-corrected chi connectivity index (χ3v) is 2.32. The van der Waals surface area contributed by atoms with Gasteiger partial charge in [-0.25, -0.2) is 0 Å². The Hall–Kier alpha value is -0.990. The third kappa shape index (κ3) is 3.76. The molecule has 0 bridgehead atoms. The topological polar surface area (TPSA) is 41.1 Å². The maximum Gasteiger partial charge on any atom is 0.409 e. The van der Waals surface area contributed by atoms with Crippen LogP contribution >= 0.6 is 0 Å². The molecular formula is C8H10F6N2O. The molecule has 1 aliphatic heterocycles. The van der Waals surface area contributed by atoms with Crippen LogP contribution in [0.4, 0.5) is 26.3 Å². The van der Waals surface area contributed by atoms with E-state index in [9.17, 15) is 31.1 Å². The number of carbonyl (C=O) groups excluding carboxylic acids is 1. The van der Waals surface area contributed by atoms with Gasteiger partial charge in [0.2, 0.25) is 11.8 Å². The average molecular weight is 264 g/mol. The summed E-state index contributed by atoms with van der Waals surface area (Å²) in [6, 6.07) is -0.685. The number of alkyl halides is 6. The molecule has 100 valence electrons. The smallest absolute Gasteiger partial charge is 0.351 e. The van der Waals surface area contributed by atoms with Crippen LogP contribution in [0.2, 0.25) is 0 Å². The van der Waals surface area contributed by atoms with E-state index in [1.54, 1.807) is 5.32 Å². The van der Waals surface area contributed by atoms with Crippen molar-refractivity contribution < 1.29 is 31.1 Å². The van der Waals surface area contributed by atoms with Crippen molar-refractivity contribution in [3.05, 3.63) is 0 Å². The molecular weight excluding hydrogens is 254 g/mol. The summed E-state index contributed by atoms with van der Waals surface area (Å²) in [5, 5.41) is 4.47. The van der Waals surface area contributed by atoms with Crippen LogP contribution in [0.15, 0.2) is 0 Å². The fraction of sp³-hybridized carbons (Fsp3) is 0.875. The van der Waals surface area contributed by atoms with Crippen molar-refractivity contribution >= 4 is 5.91 Å². The number of carbonyl (C=O) groups is 1. The van der Waals surface area contributed by atoms with Crippen molar-refractivity contribution in [2.75, 3.05) is 13.1 Å². The second-order valence-corrected chi connectivity index (χ2v) is 3.71. The molecule has 1 fully saturated rings. The summed E-state index contributed by atoms with van der Waals surface area (Å²) >= 11 is 0. The lowest BCUT2D eigenvalue weighted by atomic mass is 10.1. The number of rotatable bonds is 2. The summed E-state index contributed by atoms with van der Waals surface area (Å²) < 4.78 is 72.9. The first-order valence-corrected chi connectivity index (χ1v) is 4.77. The van der Waals surface area contributed by atoms with E-state index in [1.807, 2.05) is 0 Å². The lowest BCUT2D eigenvalue weighted by Crippen LogP contribution is -2.50. The molecule has 17 heavy (non-hydrogen) atoms. The largest absolute Gasteiger partial charge is 0.409 e. The van der Waals surface area contributed by atoms with Gasteiger partial charge in [0.1, 0.15) is 0 Å². The molecule has 1 atom stereocenters. The van der Waals surface area contributed by atoms with Crippen LogP contribution < -0.4 is 10.6 Å². The molecule has 2 N–H and O–H groups in total. The molecule has 1 aliphatic rings. The van der Waals surface area contributed by atoms with E-state index < -0.39 is 30.2 Å². The van der Waals surface area contributed by atoms with Gasteiger partial charge in [0.15, 0.2) is 0 Å². The summed E-state index contributed by atoms with van der Waals surface area (Å²) in [4.78, 5) is 11.0. The standard InChI is InChI=1S/C8H10F6N2O/c9-7(10,11)5(8(12,13)14)6(17)16-4-1-2-15-3-4/h4-5,15H,1-3H2,(H,16,17)/t4-/m1/s1. The van der Waals surface area contributed by atoms with Crippen molar-refractivity contribution in [3.63, 3.8) is 0 Å². The van der Waals surface area contributed by atoms with E-state index >= 15 is 0 Å². The molecule has 0 aromatic carbocycles. The van der Waals surface area contributed by atoms with Crippen LogP contribution in [0.25, 0.3) is 0 Å². The number of hydrogen-bond donors (Lipinski definition) is 2. The Balaban J connectivity index is 2.73. The maximum atomic E-state index is 12.1. The molecule has 0 aromatic rings. The number of halogens is 6. The van der Waals surface area contributed by atoms with Gasteiger partial charge in [-0.1, -0.05) is 0 Å². The first-order valence-electron chi connectivity index (χ1n) is 4.77. The van der Waals surface area contributed by atoms with Gasteiger partial charge in [-0.15, -0.1) is 0 Å². The predicted octanol–water partition coefficient (Wildman–Crippen LogP) is 1.21. The van der Waals surface area contributed by atoms with Crippen LogP contribution in [0.3, 0.4) is 0 Å². The summed E-state index contributed by atoms with van der Waals surface area (Å²) in [5.74, 6) is -6.01. The fourth-order valence-corrected chi connectivity index (χ4v) is 1.55. The molecule has 1 amide bonds. The molecule has 0 unspecified atom stereocenters. The van der Waals surface area contributed by atoms with Crippen molar-refractivity contribution in [3.8, 4) is 0 Å². The van der Waals surface area contributed by atoms with E-state index in [0.29, 0.717) is 13.0 Å². The molecule has 1 heterocycles. The summed E-state index contributed by atoms with van der Waals surface area (Å²) in [7, 11) is 0. The zero-order chi connectivity index (χ0) is 13.3. The molecule has 1 rings (SSSR count). The van der Waals surface area contributed by atoms with Crippen LogP contribution in [0, 0.1) is 5.92 Å². The molecule has 0 aliphatic carbocycles. The average Bonchev–Trinajstić information content (AvgIpc) is 2.49. The second kappa shape index (κ2) is 4.71. The van der Waals surface area contributed by atoms with E-state index in [1.165, 1.54) is 0 Å². The van der Waals surface area contributed by atoms with Crippen molar-refractivity contribution in [2.45, 2.75) is 24.8 Å². The monoisotopic (exact) mass is 264 g/mol. The molecule has 0 aromatic heterocycles. The van der Waals surface area contributed by atoms with Crippen molar-refractivity contribution in [1.82, 2.24) is 10.6 Å². The minimum atomic E-state index is -5.63. The predicted molar refractivity (Wildman–Crippen MR) is 45.0 cm³/mol. The van der Waals surface area contributed by atoms with E-state index in [-0.39, 0.29) is 6.54 Å². The number of amides is 1. The molecule has 9 heteroatoms. The highest BCUT2D eigenvalue weighted by Crippen LogP contribution is 2.39. The summed E-state index contributed by atoms with van der Waals surface area (Å²) in [6.07, 6.45) is -10.9. The highest BCUT2D eigenvalue weighted by atomic mass is 19.4. The molecule has 0 spiro atoms. The van der Waals surface area contributed by atoms with Gasteiger partial charge >= 0.3 is 12.4 Å². The Bertz CT molecular complexity index is 267. The summed E-state index contributed by atoms with van der Waals surface area (Å²) in [6.45, 7) is 0.627. The third-order valence-electron chi connectivity index (χ3n) is 2.32. The van der Waals surface area contributed by atoms with Crippen molar-refractivity contribution in [1.29, 1.82) is 0 Å². The van der Waals surface area contributed by atoms with Crippen LogP contribution in [0.5, 0.6) is 0 Å². The number of hydrogen-bond acceptors (Lipinski definition) is 2. The minimum Gasteiger partial charge on any atom is -0.351 e. The van der Waals surface area contributed by atoms with Crippen LogP contribution in [-0.4, -0.2) is 37.4 Å². The lowest BCUT2D eigenvalue weighted by Gasteiger charge is -2.23. The van der Waals surface area contributed by atoms with E-state index in [4.69, 9.17) is 0 Å². The van der Waals surface area contributed by atoms with Crippen LogP contribution in [0.1, 0.15) is 6.42 Å². The Morgan fingerprint density at radius 2 is 1.71 bits per heavy atom. The van der Waals surface area contributed by atoms with E-state index in [2.05, 4.69) is 5.32 Å². The van der Waals surface area contributed by atoms with Gasteiger partial charge in [0.25, 0.3) is 0 Å².